The van der Waals surface area contributed by atoms with E-state index < -0.39 is 0 Å². The molecule has 1 aromatic carbocycles. The van der Waals surface area contributed by atoms with E-state index in [-0.39, 0.29) is 17.7 Å². The molecule has 25 heavy (non-hydrogen) atoms. The van der Waals surface area contributed by atoms with Gasteiger partial charge in [0.15, 0.2) is 0 Å². The summed E-state index contributed by atoms with van der Waals surface area (Å²) in [5.74, 6) is 0.0750. The molecular weight excluding hydrogens is 332 g/mol. The Hall–Kier alpha value is -2.14. The topological polar surface area (TPSA) is 40.6 Å². The molecule has 3 rings (SSSR count). The third-order valence-corrected chi connectivity index (χ3v) is 5.56. The smallest absolute Gasteiger partial charge is 0.263 e. The minimum absolute atomic E-state index is 0.0497. The Bertz CT molecular complexity index is 725. The molecule has 0 saturated carbocycles. The summed E-state index contributed by atoms with van der Waals surface area (Å²) in [5.41, 5.74) is 2.34. The van der Waals surface area contributed by atoms with Crippen LogP contribution in [-0.4, -0.2) is 41.8 Å². The SMILES string of the molecule is Cc1ccc(CN(C)C(=O)C2CCCN(C(=O)c3cccs3)C2)cc1. The van der Waals surface area contributed by atoms with Crippen molar-refractivity contribution in [3.63, 3.8) is 0 Å². The molecule has 1 aliphatic rings. The van der Waals surface area contributed by atoms with Crippen LogP contribution < -0.4 is 0 Å². The van der Waals surface area contributed by atoms with E-state index in [2.05, 4.69) is 31.2 Å². The summed E-state index contributed by atoms with van der Waals surface area (Å²) in [6, 6.07) is 12.0. The van der Waals surface area contributed by atoms with Gasteiger partial charge in [-0.15, -0.1) is 11.3 Å². The van der Waals surface area contributed by atoms with Crippen molar-refractivity contribution >= 4 is 23.2 Å². The maximum Gasteiger partial charge on any atom is 0.263 e. The van der Waals surface area contributed by atoms with Crippen molar-refractivity contribution in [2.45, 2.75) is 26.3 Å². The maximum absolute atomic E-state index is 12.8. The highest BCUT2D eigenvalue weighted by atomic mass is 32.1. The highest BCUT2D eigenvalue weighted by molar-refractivity contribution is 7.12. The predicted molar refractivity (Wildman–Crippen MR) is 101 cm³/mol. The second-order valence-corrected chi connectivity index (χ2v) is 7.70. The lowest BCUT2D eigenvalue weighted by molar-refractivity contribution is -0.136. The van der Waals surface area contributed by atoms with Gasteiger partial charge >= 0.3 is 0 Å². The first kappa shape index (κ1) is 17.7. The van der Waals surface area contributed by atoms with E-state index in [4.69, 9.17) is 0 Å². The lowest BCUT2D eigenvalue weighted by Crippen LogP contribution is -2.45. The second-order valence-electron chi connectivity index (χ2n) is 6.75. The first-order valence-electron chi connectivity index (χ1n) is 8.68. The molecule has 1 fully saturated rings. The minimum atomic E-state index is -0.104. The van der Waals surface area contributed by atoms with Crippen LogP contribution in [0.2, 0.25) is 0 Å². The van der Waals surface area contributed by atoms with Crippen molar-refractivity contribution in [3.05, 3.63) is 57.8 Å². The standard InChI is InChI=1S/C20H24N2O2S/c1-15-7-9-16(10-8-15)13-21(2)19(23)17-5-3-11-22(14-17)20(24)18-6-4-12-25-18/h4,6-10,12,17H,3,5,11,13-14H2,1-2H3. The Balaban J connectivity index is 1.61. The molecule has 0 spiro atoms. The number of carbonyl (C=O) groups excluding carboxylic acids is 2. The molecule has 2 amide bonds. The van der Waals surface area contributed by atoms with E-state index in [1.165, 1.54) is 16.9 Å². The summed E-state index contributed by atoms with van der Waals surface area (Å²) < 4.78 is 0. The fraction of sp³-hybridized carbons (Fsp3) is 0.400. The van der Waals surface area contributed by atoms with Gasteiger partial charge in [0, 0.05) is 26.7 Å². The molecule has 0 aliphatic carbocycles. The number of benzene rings is 1. The zero-order valence-corrected chi connectivity index (χ0v) is 15.6. The van der Waals surface area contributed by atoms with Gasteiger partial charge in [0.05, 0.1) is 10.8 Å². The predicted octanol–water partition coefficient (Wildman–Crippen LogP) is 3.57. The lowest BCUT2D eigenvalue weighted by Gasteiger charge is -2.33. The normalized spacial score (nSPS) is 17.4. The van der Waals surface area contributed by atoms with Gasteiger partial charge in [0.25, 0.3) is 5.91 Å². The Labute approximate surface area is 153 Å². The minimum Gasteiger partial charge on any atom is -0.341 e. The molecule has 2 heterocycles. The first-order chi connectivity index (χ1) is 12.0. The van der Waals surface area contributed by atoms with E-state index in [1.54, 1.807) is 4.90 Å². The van der Waals surface area contributed by atoms with E-state index in [1.807, 2.05) is 29.5 Å². The van der Waals surface area contributed by atoms with Gasteiger partial charge in [-0.2, -0.15) is 0 Å². The molecule has 5 heteroatoms. The summed E-state index contributed by atoms with van der Waals surface area (Å²) in [7, 11) is 1.85. The summed E-state index contributed by atoms with van der Waals surface area (Å²) in [4.78, 5) is 29.7. The monoisotopic (exact) mass is 356 g/mol. The maximum atomic E-state index is 12.8. The summed E-state index contributed by atoms with van der Waals surface area (Å²) in [6.07, 6.45) is 1.73. The summed E-state index contributed by atoms with van der Waals surface area (Å²) >= 11 is 1.46. The molecule has 1 aromatic heterocycles. The first-order valence-corrected chi connectivity index (χ1v) is 9.56. The van der Waals surface area contributed by atoms with Crippen LogP contribution in [0.5, 0.6) is 0 Å². The summed E-state index contributed by atoms with van der Waals surface area (Å²) in [6.45, 7) is 3.92. The largest absolute Gasteiger partial charge is 0.341 e. The highest BCUT2D eigenvalue weighted by Crippen LogP contribution is 2.22. The number of piperidine rings is 1. The number of rotatable bonds is 4. The molecule has 1 saturated heterocycles. The molecule has 4 nitrogen and oxygen atoms in total. The van der Waals surface area contributed by atoms with Gasteiger partial charge in [-0.05, 0) is 36.8 Å². The Kier molecular flexibility index (Phi) is 5.53. The molecule has 2 aromatic rings. The van der Waals surface area contributed by atoms with Gasteiger partial charge in [-0.25, -0.2) is 0 Å². The van der Waals surface area contributed by atoms with Crippen LogP contribution in [0.1, 0.15) is 33.6 Å². The zero-order chi connectivity index (χ0) is 17.8. The fourth-order valence-electron chi connectivity index (χ4n) is 3.28. The molecule has 0 bridgehead atoms. The average molecular weight is 356 g/mol. The van der Waals surface area contributed by atoms with E-state index in [9.17, 15) is 9.59 Å². The van der Waals surface area contributed by atoms with Crippen molar-refractivity contribution in [3.8, 4) is 0 Å². The van der Waals surface area contributed by atoms with Crippen molar-refractivity contribution in [2.75, 3.05) is 20.1 Å². The van der Waals surface area contributed by atoms with Crippen LogP contribution >= 0.6 is 11.3 Å². The van der Waals surface area contributed by atoms with Crippen molar-refractivity contribution in [1.29, 1.82) is 0 Å². The lowest BCUT2D eigenvalue weighted by atomic mass is 9.96. The Morgan fingerprint density at radius 2 is 2.00 bits per heavy atom. The number of likely N-dealkylation sites (tertiary alicyclic amines) is 1. The Morgan fingerprint density at radius 1 is 1.24 bits per heavy atom. The van der Waals surface area contributed by atoms with Crippen LogP contribution in [0.25, 0.3) is 0 Å². The van der Waals surface area contributed by atoms with Crippen LogP contribution in [0, 0.1) is 12.8 Å². The molecule has 0 radical (unpaired) electrons. The van der Waals surface area contributed by atoms with E-state index in [0.29, 0.717) is 13.1 Å². The van der Waals surface area contributed by atoms with E-state index >= 15 is 0 Å². The summed E-state index contributed by atoms with van der Waals surface area (Å²) in [5, 5.41) is 1.91. The fourth-order valence-corrected chi connectivity index (χ4v) is 3.97. The van der Waals surface area contributed by atoms with Crippen LogP contribution in [0.3, 0.4) is 0 Å². The number of amides is 2. The third kappa shape index (κ3) is 4.28. The van der Waals surface area contributed by atoms with Gasteiger partial charge in [-0.1, -0.05) is 35.9 Å². The quantitative estimate of drug-likeness (QED) is 0.840. The molecule has 1 atom stereocenters. The number of hydrogen-bond donors (Lipinski definition) is 0. The zero-order valence-electron chi connectivity index (χ0n) is 14.8. The van der Waals surface area contributed by atoms with Crippen LogP contribution in [0.4, 0.5) is 0 Å². The van der Waals surface area contributed by atoms with Crippen molar-refractivity contribution < 1.29 is 9.59 Å². The van der Waals surface area contributed by atoms with Gasteiger partial charge in [0.2, 0.25) is 5.91 Å². The van der Waals surface area contributed by atoms with E-state index in [0.717, 1.165) is 29.8 Å². The number of carbonyl (C=O) groups is 2. The highest BCUT2D eigenvalue weighted by Gasteiger charge is 2.30. The average Bonchev–Trinajstić information content (AvgIpc) is 3.17. The van der Waals surface area contributed by atoms with Crippen molar-refractivity contribution in [1.82, 2.24) is 9.80 Å². The van der Waals surface area contributed by atoms with Gasteiger partial charge < -0.3 is 9.80 Å². The number of hydrogen-bond acceptors (Lipinski definition) is 3. The number of aryl methyl sites for hydroxylation is 1. The molecular formula is C20H24N2O2S. The van der Waals surface area contributed by atoms with Crippen LogP contribution in [-0.2, 0) is 11.3 Å². The third-order valence-electron chi connectivity index (χ3n) is 4.71. The molecule has 0 N–H and O–H groups in total. The van der Waals surface area contributed by atoms with Gasteiger partial charge in [0.1, 0.15) is 0 Å². The molecule has 1 aliphatic heterocycles. The molecule has 132 valence electrons. The number of nitrogens with zero attached hydrogens (tertiary/aromatic N) is 2. The van der Waals surface area contributed by atoms with Crippen LogP contribution in [0.15, 0.2) is 41.8 Å². The molecule has 1 unspecified atom stereocenters. The Morgan fingerprint density at radius 3 is 2.68 bits per heavy atom. The van der Waals surface area contributed by atoms with Gasteiger partial charge in [-0.3, -0.25) is 9.59 Å². The second kappa shape index (κ2) is 7.83. The van der Waals surface area contributed by atoms with Crippen molar-refractivity contribution in [2.24, 2.45) is 5.92 Å². The number of thiophene rings is 1.